The van der Waals surface area contributed by atoms with Gasteiger partial charge in [0.2, 0.25) is 0 Å². The predicted octanol–water partition coefficient (Wildman–Crippen LogP) is -1.03. The monoisotopic (exact) mass is 135 g/mol. The van der Waals surface area contributed by atoms with Gasteiger partial charge in [-0.15, -0.1) is 0 Å². The third-order valence-electron chi connectivity index (χ3n) is 1.19. The van der Waals surface area contributed by atoms with Gasteiger partial charge in [-0.05, 0) is 6.92 Å². The Hall–Kier alpha value is -1.38. The van der Waals surface area contributed by atoms with Crippen LogP contribution in [0.1, 0.15) is 6.92 Å². The molecule has 0 aromatic carbocycles. The van der Waals surface area contributed by atoms with Gasteiger partial charge in [-0.1, -0.05) is 6.08 Å². The van der Waals surface area contributed by atoms with Crippen molar-refractivity contribution in [3.8, 4) is 0 Å². The van der Waals surface area contributed by atoms with Gasteiger partial charge in [0.05, 0.1) is 5.35 Å². The largest absolute Gasteiger partial charge is 0.403 e. The first-order chi connectivity index (χ1) is 4.88. The van der Waals surface area contributed by atoms with Crippen molar-refractivity contribution >= 4 is 12.3 Å². The molecule has 0 atom stereocenters. The van der Waals surface area contributed by atoms with Crippen LogP contribution in [0.2, 0.25) is 0 Å². The van der Waals surface area contributed by atoms with E-state index in [9.17, 15) is 0 Å². The van der Waals surface area contributed by atoms with Gasteiger partial charge in [0.15, 0.2) is 0 Å². The fourth-order valence-electron chi connectivity index (χ4n) is 0.710. The van der Waals surface area contributed by atoms with Crippen LogP contribution in [0.4, 0.5) is 0 Å². The van der Waals surface area contributed by atoms with Crippen molar-refractivity contribution in [1.82, 2.24) is 9.97 Å². The Labute approximate surface area is 58.9 Å². The lowest BCUT2D eigenvalue weighted by Gasteiger charge is -1.84. The Kier molecular flexibility index (Phi) is 1.99. The molecule has 1 heterocycles. The van der Waals surface area contributed by atoms with E-state index in [2.05, 4.69) is 9.97 Å². The molecule has 3 heteroatoms. The van der Waals surface area contributed by atoms with E-state index in [1.165, 1.54) is 6.20 Å². The number of rotatable bonds is 0. The average Bonchev–Trinajstić information content (AvgIpc) is 2.04. The van der Waals surface area contributed by atoms with Crippen molar-refractivity contribution < 1.29 is 0 Å². The first-order valence-corrected chi connectivity index (χ1v) is 3.03. The lowest BCUT2D eigenvalue weighted by atomic mass is 10.5. The number of hydrogen-bond donors (Lipinski definition) is 1. The average molecular weight is 135 g/mol. The van der Waals surface area contributed by atoms with E-state index in [1.54, 1.807) is 12.4 Å². The molecule has 1 aromatic rings. The van der Waals surface area contributed by atoms with Gasteiger partial charge < -0.3 is 5.73 Å². The zero-order valence-electron chi connectivity index (χ0n) is 5.78. The molecule has 0 aliphatic carbocycles. The Morgan fingerprint density at radius 1 is 1.30 bits per heavy atom. The lowest BCUT2D eigenvalue weighted by molar-refractivity contribution is 1.09. The molecular weight excluding hydrogens is 126 g/mol. The molecule has 0 fully saturated rings. The lowest BCUT2D eigenvalue weighted by Crippen LogP contribution is -2.31. The van der Waals surface area contributed by atoms with E-state index >= 15 is 0 Å². The molecule has 0 saturated carbocycles. The summed E-state index contributed by atoms with van der Waals surface area (Å²) in [6, 6.07) is 0. The highest BCUT2D eigenvalue weighted by atomic mass is 14.8. The number of nitrogens with two attached hydrogens (primary N) is 1. The summed E-state index contributed by atoms with van der Waals surface area (Å²) >= 11 is 0. The zero-order valence-corrected chi connectivity index (χ0v) is 5.78. The maximum Gasteiger partial charge on any atom is 0.104 e. The summed E-state index contributed by atoms with van der Waals surface area (Å²) in [5, 5.41) is 1.55. The third-order valence-corrected chi connectivity index (χ3v) is 1.19. The van der Waals surface area contributed by atoms with Crippen LogP contribution in [0.5, 0.6) is 0 Å². The summed E-state index contributed by atoms with van der Waals surface area (Å²) in [6.45, 7) is 1.90. The van der Waals surface area contributed by atoms with E-state index in [4.69, 9.17) is 5.73 Å². The predicted molar refractivity (Wildman–Crippen MR) is 40.1 cm³/mol. The zero-order chi connectivity index (χ0) is 7.40. The summed E-state index contributed by atoms with van der Waals surface area (Å²) in [7, 11) is 0. The van der Waals surface area contributed by atoms with Crippen LogP contribution < -0.4 is 16.4 Å². The molecule has 10 heavy (non-hydrogen) atoms. The van der Waals surface area contributed by atoms with Gasteiger partial charge in [-0.2, -0.15) is 0 Å². The Morgan fingerprint density at radius 2 is 1.90 bits per heavy atom. The topological polar surface area (TPSA) is 51.8 Å². The van der Waals surface area contributed by atoms with E-state index in [0.29, 0.717) is 0 Å². The molecule has 0 radical (unpaired) electrons. The maximum absolute atomic E-state index is 5.28. The van der Waals surface area contributed by atoms with Crippen molar-refractivity contribution in [2.45, 2.75) is 6.92 Å². The van der Waals surface area contributed by atoms with E-state index in [1.807, 2.05) is 13.0 Å². The second-order valence-electron chi connectivity index (χ2n) is 1.78. The van der Waals surface area contributed by atoms with Gasteiger partial charge >= 0.3 is 0 Å². The van der Waals surface area contributed by atoms with Gasteiger partial charge in [0.25, 0.3) is 0 Å². The van der Waals surface area contributed by atoms with Crippen molar-refractivity contribution in [2.75, 3.05) is 0 Å². The number of hydrogen-bond acceptors (Lipinski definition) is 3. The third kappa shape index (κ3) is 1.13. The molecule has 52 valence electrons. The second kappa shape index (κ2) is 2.96. The molecule has 3 nitrogen and oxygen atoms in total. The summed E-state index contributed by atoms with van der Waals surface area (Å²) in [4.78, 5) is 8.03. The van der Waals surface area contributed by atoms with Crippen LogP contribution in [0.3, 0.4) is 0 Å². The summed E-state index contributed by atoms with van der Waals surface area (Å²) < 4.78 is 0. The van der Waals surface area contributed by atoms with E-state index in [-0.39, 0.29) is 0 Å². The highest BCUT2D eigenvalue weighted by molar-refractivity contribution is 5.19. The standard InChI is InChI=1S/C7H9N3/c1-2-6-7(5-8)10-4-3-9-6/h2-5H,8H2,1H3/b6-2+,7-5+. The fourth-order valence-corrected chi connectivity index (χ4v) is 0.710. The van der Waals surface area contributed by atoms with Crippen molar-refractivity contribution in [3.63, 3.8) is 0 Å². The van der Waals surface area contributed by atoms with Gasteiger partial charge in [-0.25, -0.2) is 0 Å². The summed E-state index contributed by atoms with van der Waals surface area (Å²) in [6.07, 6.45) is 6.57. The van der Waals surface area contributed by atoms with Crippen LogP contribution >= 0.6 is 0 Å². The van der Waals surface area contributed by atoms with Crippen LogP contribution in [-0.2, 0) is 0 Å². The maximum atomic E-state index is 5.28. The van der Waals surface area contributed by atoms with Gasteiger partial charge in [-0.3, -0.25) is 9.97 Å². The van der Waals surface area contributed by atoms with Crippen LogP contribution in [-0.4, -0.2) is 9.97 Å². The molecule has 0 saturated heterocycles. The van der Waals surface area contributed by atoms with Gasteiger partial charge in [0, 0.05) is 18.6 Å². The van der Waals surface area contributed by atoms with Crippen molar-refractivity contribution in [3.05, 3.63) is 23.1 Å². The minimum Gasteiger partial charge on any atom is -0.403 e. The molecule has 1 rings (SSSR count). The Morgan fingerprint density at radius 3 is 2.30 bits per heavy atom. The first-order valence-electron chi connectivity index (χ1n) is 3.03. The first kappa shape index (κ1) is 6.74. The Balaban J connectivity index is 3.53. The molecule has 0 aliphatic heterocycles. The Bertz CT molecular complexity index is 283. The molecule has 0 aliphatic rings. The highest BCUT2D eigenvalue weighted by Crippen LogP contribution is 1.57. The summed E-state index contributed by atoms with van der Waals surface area (Å²) in [5.74, 6) is 0. The van der Waals surface area contributed by atoms with Crippen LogP contribution in [0, 0.1) is 0 Å². The van der Waals surface area contributed by atoms with Crippen LogP contribution in [0.25, 0.3) is 12.3 Å². The number of aromatic nitrogens is 2. The molecule has 2 N–H and O–H groups in total. The quantitative estimate of drug-likeness (QED) is 0.495. The minimum atomic E-state index is 0.727. The van der Waals surface area contributed by atoms with Crippen LogP contribution in [0.15, 0.2) is 12.4 Å². The smallest absolute Gasteiger partial charge is 0.104 e. The summed E-state index contributed by atoms with van der Waals surface area (Å²) in [5.41, 5.74) is 5.28. The SMILES string of the molecule is C/C=c1/nccn/c1=C/N. The van der Waals surface area contributed by atoms with Gasteiger partial charge in [0.1, 0.15) is 5.35 Å². The molecule has 0 amide bonds. The van der Waals surface area contributed by atoms with Crippen molar-refractivity contribution in [1.29, 1.82) is 0 Å². The number of nitrogens with zero attached hydrogens (tertiary/aromatic N) is 2. The second-order valence-corrected chi connectivity index (χ2v) is 1.78. The fraction of sp³-hybridized carbons (Fsp3) is 0.143. The molecular formula is C7H9N3. The van der Waals surface area contributed by atoms with E-state index < -0.39 is 0 Å². The van der Waals surface area contributed by atoms with E-state index in [0.717, 1.165) is 10.7 Å². The highest BCUT2D eigenvalue weighted by Gasteiger charge is 1.80. The molecule has 0 bridgehead atoms. The normalized spacial score (nSPS) is 14.1. The molecule has 0 unspecified atom stereocenters. The minimum absolute atomic E-state index is 0.727. The van der Waals surface area contributed by atoms with Crippen molar-refractivity contribution in [2.24, 2.45) is 5.73 Å². The molecule has 1 aromatic heterocycles. The molecule has 0 spiro atoms.